The highest BCUT2D eigenvalue weighted by Gasteiger charge is 2.24. The van der Waals surface area contributed by atoms with Crippen molar-refractivity contribution in [2.24, 2.45) is 0 Å². The average molecular weight is 297 g/mol. The van der Waals surface area contributed by atoms with Crippen molar-refractivity contribution in [3.63, 3.8) is 0 Å². The molecule has 3 heteroatoms. The summed E-state index contributed by atoms with van der Waals surface area (Å²) in [6.07, 6.45) is 4.75. The number of aliphatic hydroxyl groups excluding tert-OH is 1. The molecular formula is C17H25ClO2. The lowest BCUT2D eigenvalue weighted by Gasteiger charge is -2.24. The maximum absolute atomic E-state index is 10.2. The van der Waals surface area contributed by atoms with Crippen molar-refractivity contribution in [2.75, 3.05) is 0 Å². The quantitative estimate of drug-likeness (QED) is 0.808. The van der Waals surface area contributed by atoms with E-state index < -0.39 is 0 Å². The molecule has 0 aromatic heterocycles. The molecule has 0 radical (unpaired) electrons. The standard InChI is InChI=1S/C17H25ClO2/c1-11(2)13-10-17(12(3)9-14(13)18)20-16-8-6-4-5-7-15(16)19/h9-11,15-16,19H,4-8H2,1-3H3. The van der Waals surface area contributed by atoms with Crippen molar-refractivity contribution < 1.29 is 9.84 Å². The molecule has 20 heavy (non-hydrogen) atoms. The number of ether oxygens (including phenoxy) is 1. The first-order valence-corrected chi connectivity index (χ1v) is 8.01. The first-order chi connectivity index (χ1) is 9.49. The molecule has 0 amide bonds. The Balaban J connectivity index is 2.21. The van der Waals surface area contributed by atoms with E-state index in [4.69, 9.17) is 16.3 Å². The van der Waals surface area contributed by atoms with E-state index in [1.807, 2.05) is 19.1 Å². The number of halogens is 1. The van der Waals surface area contributed by atoms with Gasteiger partial charge in [0.25, 0.3) is 0 Å². The van der Waals surface area contributed by atoms with E-state index in [0.29, 0.717) is 5.92 Å². The van der Waals surface area contributed by atoms with Crippen LogP contribution in [0.3, 0.4) is 0 Å². The Bertz CT molecular complexity index is 457. The van der Waals surface area contributed by atoms with Crippen molar-refractivity contribution in [1.29, 1.82) is 0 Å². The van der Waals surface area contributed by atoms with Crippen LogP contribution < -0.4 is 4.74 Å². The topological polar surface area (TPSA) is 29.5 Å². The number of aryl methyl sites for hydroxylation is 1. The van der Waals surface area contributed by atoms with Crippen LogP contribution in [0.5, 0.6) is 5.75 Å². The molecule has 2 atom stereocenters. The van der Waals surface area contributed by atoms with Gasteiger partial charge in [0.15, 0.2) is 0 Å². The summed E-state index contributed by atoms with van der Waals surface area (Å²) >= 11 is 6.29. The van der Waals surface area contributed by atoms with Gasteiger partial charge in [-0.3, -0.25) is 0 Å². The molecule has 1 fully saturated rings. The van der Waals surface area contributed by atoms with Gasteiger partial charge in [-0.05, 0) is 55.4 Å². The van der Waals surface area contributed by atoms with Gasteiger partial charge in [-0.15, -0.1) is 0 Å². The lowest BCUT2D eigenvalue weighted by Crippen LogP contribution is -2.30. The van der Waals surface area contributed by atoms with Crippen molar-refractivity contribution in [1.82, 2.24) is 0 Å². The summed E-state index contributed by atoms with van der Waals surface area (Å²) in [6.45, 7) is 6.26. The van der Waals surface area contributed by atoms with E-state index >= 15 is 0 Å². The maximum atomic E-state index is 10.2. The molecule has 112 valence electrons. The molecule has 1 saturated carbocycles. The molecule has 1 aliphatic carbocycles. The molecule has 1 N–H and O–H groups in total. The van der Waals surface area contributed by atoms with Crippen molar-refractivity contribution in [3.8, 4) is 5.75 Å². The van der Waals surface area contributed by atoms with Gasteiger partial charge in [-0.1, -0.05) is 38.3 Å². The zero-order chi connectivity index (χ0) is 14.7. The van der Waals surface area contributed by atoms with E-state index in [1.165, 1.54) is 6.42 Å². The molecule has 1 aromatic rings. The SMILES string of the molecule is Cc1cc(Cl)c(C(C)C)cc1OC1CCCCCC1O. The summed E-state index contributed by atoms with van der Waals surface area (Å²) in [5.74, 6) is 1.23. The van der Waals surface area contributed by atoms with Crippen LogP contribution in [0.25, 0.3) is 0 Å². The Hall–Kier alpha value is -0.730. The van der Waals surface area contributed by atoms with Crippen LogP contribution in [-0.4, -0.2) is 17.3 Å². The fraction of sp³-hybridized carbons (Fsp3) is 0.647. The van der Waals surface area contributed by atoms with E-state index in [1.54, 1.807) is 0 Å². The van der Waals surface area contributed by atoms with Gasteiger partial charge in [-0.25, -0.2) is 0 Å². The fourth-order valence-corrected chi connectivity index (χ4v) is 3.23. The Labute approximate surface area is 127 Å². The first kappa shape index (κ1) is 15.7. The zero-order valence-electron chi connectivity index (χ0n) is 12.7. The van der Waals surface area contributed by atoms with Gasteiger partial charge in [-0.2, -0.15) is 0 Å². The molecule has 2 nitrogen and oxygen atoms in total. The summed E-state index contributed by atoms with van der Waals surface area (Å²) in [5.41, 5.74) is 2.14. The summed E-state index contributed by atoms with van der Waals surface area (Å²) < 4.78 is 6.12. The van der Waals surface area contributed by atoms with Crippen molar-refractivity contribution in [3.05, 3.63) is 28.3 Å². The molecule has 2 rings (SSSR count). The minimum Gasteiger partial charge on any atom is -0.487 e. The highest BCUT2D eigenvalue weighted by atomic mass is 35.5. The average Bonchev–Trinajstić information content (AvgIpc) is 2.57. The van der Waals surface area contributed by atoms with Crippen LogP contribution in [0.1, 0.15) is 63.0 Å². The summed E-state index contributed by atoms with van der Waals surface area (Å²) in [4.78, 5) is 0. The molecule has 1 aromatic carbocycles. The number of aliphatic hydroxyl groups is 1. The van der Waals surface area contributed by atoms with Crippen LogP contribution in [0.2, 0.25) is 5.02 Å². The highest BCUT2D eigenvalue weighted by Crippen LogP contribution is 2.33. The molecule has 1 aliphatic rings. The monoisotopic (exact) mass is 296 g/mol. The lowest BCUT2D eigenvalue weighted by atomic mass is 10.0. The number of benzene rings is 1. The van der Waals surface area contributed by atoms with E-state index in [-0.39, 0.29) is 12.2 Å². The molecule has 0 saturated heterocycles. The first-order valence-electron chi connectivity index (χ1n) is 7.63. The van der Waals surface area contributed by atoms with E-state index in [9.17, 15) is 5.11 Å². The van der Waals surface area contributed by atoms with Crippen LogP contribution >= 0.6 is 11.6 Å². The second-order valence-electron chi connectivity index (χ2n) is 6.16. The minimum atomic E-state index is -0.352. The van der Waals surface area contributed by atoms with Gasteiger partial charge < -0.3 is 9.84 Å². The zero-order valence-corrected chi connectivity index (χ0v) is 13.4. The van der Waals surface area contributed by atoms with E-state index in [2.05, 4.69) is 13.8 Å². The summed E-state index contributed by atoms with van der Waals surface area (Å²) in [7, 11) is 0. The highest BCUT2D eigenvalue weighted by molar-refractivity contribution is 6.31. The number of hydrogen-bond donors (Lipinski definition) is 1. The van der Waals surface area contributed by atoms with Crippen LogP contribution in [0.15, 0.2) is 12.1 Å². The molecule has 0 aliphatic heterocycles. The summed E-state index contributed by atoms with van der Waals surface area (Å²) in [6, 6.07) is 4.01. The second kappa shape index (κ2) is 6.82. The Morgan fingerprint density at radius 3 is 2.60 bits per heavy atom. The minimum absolute atomic E-state index is 0.0858. The van der Waals surface area contributed by atoms with Crippen LogP contribution in [0.4, 0.5) is 0 Å². The third kappa shape index (κ3) is 3.67. The largest absolute Gasteiger partial charge is 0.487 e. The Morgan fingerprint density at radius 2 is 1.90 bits per heavy atom. The molecule has 0 bridgehead atoms. The Kier molecular flexibility index (Phi) is 5.34. The van der Waals surface area contributed by atoms with Gasteiger partial charge in [0.1, 0.15) is 11.9 Å². The maximum Gasteiger partial charge on any atom is 0.124 e. The van der Waals surface area contributed by atoms with Gasteiger partial charge in [0, 0.05) is 5.02 Å². The third-order valence-electron chi connectivity index (χ3n) is 4.11. The van der Waals surface area contributed by atoms with Crippen molar-refractivity contribution in [2.45, 2.75) is 71.0 Å². The van der Waals surface area contributed by atoms with Crippen molar-refractivity contribution >= 4 is 11.6 Å². The normalized spacial score (nSPS) is 23.7. The molecule has 0 heterocycles. The molecular weight excluding hydrogens is 272 g/mol. The molecule has 2 unspecified atom stereocenters. The van der Waals surface area contributed by atoms with Crippen LogP contribution in [-0.2, 0) is 0 Å². The van der Waals surface area contributed by atoms with Gasteiger partial charge in [0.2, 0.25) is 0 Å². The van der Waals surface area contributed by atoms with Gasteiger partial charge >= 0.3 is 0 Å². The smallest absolute Gasteiger partial charge is 0.124 e. The Morgan fingerprint density at radius 1 is 1.20 bits per heavy atom. The number of rotatable bonds is 3. The second-order valence-corrected chi connectivity index (χ2v) is 6.56. The third-order valence-corrected chi connectivity index (χ3v) is 4.44. The number of hydrogen-bond acceptors (Lipinski definition) is 2. The fourth-order valence-electron chi connectivity index (χ4n) is 2.79. The summed E-state index contributed by atoms with van der Waals surface area (Å²) in [5, 5.41) is 11.0. The van der Waals surface area contributed by atoms with E-state index in [0.717, 1.165) is 47.6 Å². The lowest BCUT2D eigenvalue weighted by molar-refractivity contribution is 0.0315. The van der Waals surface area contributed by atoms with Crippen LogP contribution in [0, 0.1) is 6.92 Å². The van der Waals surface area contributed by atoms with Gasteiger partial charge in [0.05, 0.1) is 6.10 Å². The predicted molar refractivity (Wildman–Crippen MR) is 83.8 cm³/mol. The predicted octanol–water partition coefficient (Wildman–Crippen LogP) is 4.84. The molecule has 0 spiro atoms.